The molecule has 0 aromatic carbocycles. The van der Waals surface area contributed by atoms with Gasteiger partial charge in [-0.1, -0.05) is 0 Å². The molecule has 1 aromatic heterocycles. The summed E-state index contributed by atoms with van der Waals surface area (Å²) >= 11 is 0. The van der Waals surface area contributed by atoms with Gasteiger partial charge in [0.05, 0.1) is 17.5 Å². The van der Waals surface area contributed by atoms with Crippen molar-refractivity contribution in [1.82, 2.24) is 9.78 Å². The minimum absolute atomic E-state index is 0.0935. The molecule has 90 valence electrons. The molecule has 1 aliphatic rings. The van der Waals surface area contributed by atoms with E-state index in [1.54, 1.807) is 0 Å². The van der Waals surface area contributed by atoms with Gasteiger partial charge in [0.2, 0.25) is 0 Å². The summed E-state index contributed by atoms with van der Waals surface area (Å²) in [6.45, 7) is 2.85. The average Bonchev–Trinajstić information content (AvgIpc) is 2.38. The highest BCUT2D eigenvalue weighted by molar-refractivity contribution is 5.65. The molecule has 0 radical (unpaired) electrons. The number of nitrogens with two attached hydrogens (primary N) is 1. The highest BCUT2D eigenvalue weighted by atomic mass is 16.3. The normalized spacial score (nSPS) is 24.2. The maximum atomic E-state index is 9.25. The Morgan fingerprint density at radius 1 is 1.56 bits per heavy atom. The van der Waals surface area contributed by atoms with Gasteiger partial charge in [0, 0.05) is 20.6 Å². The van der Waals surface area contributed by atoms with Crippen LogP contribution in [0.25, 0.3) is 0 Å². The Morgan fingerprint density at radius 2 is 2.19 bits per heavy atom. The third-order valence-electron chi connectivity index (χ3n) is 3.34. The zero-order valence-electron chi connectivity index (χ0n) is 10.1. The van der Waals surface area contributed by atoms with Crippen LogP contribution in [0.1, 0.15) is 18.5 Å². The number of aliphatic hydroxyl groups excluding tert-OH is 1. The topological polar surface area (TPSA) is 67.3 Å². The van der Waals surface area contributed by atoms with Crippen LogP contribution in [0.4, 0.5) is 11.5 Å². The molecule has 16 heavy (non-hydrogen) atoms. The lowest BCUT2D eigenvalue weighted by atomic mass is 9.82. The quantitative estimate of drug-likeness (QED) is 0.785. The molecule has 1 aliphatic carbocycles. The number of aryl methyl sites for hydroxylation is 2. The summed E-state index contributed by atoms with van der Waals surface area (Å²) in [5.41, 5.74) is 7.62. The first-order chi connectivity index (χ1) is 7.49. The first-order valence-corrected chi connectivity index (χ1v) is 5.67. The van der Waals surface area contributed by atoms with E-state index >= 15 is 0 Å². The van der Waals surface area contributed by atoms with Crippen LogP contribution in [0, 0.1) is 12.8 Å². The maximum absolute atomic E-state index is 9.25. The molecular weight excluding hydrogens is 204 g/mol. The van der Waals surface area contributed by atoms with Crippen LogP contribution in [-0.4, -0.2) is 34.6 Å². The zero-order chi connectivity index (χ0) is 11.9. The molecule has 5 nitrogen and oxygen atoms in total. The summed E-state index contributed by atoms with van der Waals surface area (Å²) in [5, 5.41) is 13.6. The first-order valence-electron chi connectivity index (χ1n) is 5.67. The van der Waals surface area contributed by atoms with E-state index in [1.807, 2.05) is 25.7 Å². The van der Waals surface area contributed by atoms with Crippen LogP contribution in [0.2, 0.25) is 0 Å². The second-order valence-corrected chi connectivity index (χ2v) is 4.82. The molecule has 0 saturated heterocycles. The summed E-state index contributed by atoms with van der Waals surface area (Å²) in [7, 11) is 3.93. The van der Waals surface area contributed by atoms with Gasteiger partial charge in [-0.15, -0.1) is 0 Å². The van der Waals surface area contributed by atoms with Crippen LogP contribution in [0.15, 0.2) is 0 Å². The Bertz CT molecular complexity index is 382. The van der Waals surface area contributed by atoms with Crippen LogP contribution in [0.3, 0.4) is 0 Å². The van der Waals surface area contributed by atoms with Gasteiger partial charge in [-0.05, 0) is 25.7 Å². The highest BCUT2D eigenvalue weighted by Crippen LogP contribution is 2.31. The summed E-state index contributed by atoms with van der Waals surface area (Å²) in [6, 6.07) is 0. The second kappa shape index (κ2) is 3.97. The minimum atomic E-state index is -0.0935. The molecule has 5 heteroatoms. The molecule has 0 bridgehead atoms. The van der Waals surface area contributed by atoms with E-state index in [0.29, 0.717) is 5.92 Å². The van der Waals surface area contributed by atoms with Crippen molar-refractivity contribution in [2.75, 3.05) is 24.2 Å². The molecule has 2 rings (SSSR count). The smallest absolute Gasteiger partial charge is 0.150 e. The summed E-state index contributed by atoms with van der Waals surface area (Å²) in [6.07, 6.45) is 1.71. The van der Waals surface area contributed by atoms with Crippen LogP contribution in [-0.2, 0) is 7.05 Å². The molecule has 1 saturated carbocycles. The third kappa shape index (κ3) is 1.87. The Morgan fingerprint density at radius 3 is 2.62 bits per heavy atom. The fourth-order valence-electron chi connectivity index (χ4n) is 2.44. The summed E-state index contributed by atoms with van der Waals surface area (Å²) in [4.78, 5) is 2.13. The molecule has 0 amide bonds. The van der Waals surface area contributed by atoms with E-state index in [-0.39, 0.29) is 6.10 Å². The van der Waals surface area contributed by atoms with Crippen molar-refractivity contribution in [2.45, 2.75) is 25.9 Å². The molecule has 0 aliphatic heterocycles. The molecule has 0 atom stereocenters. The molecule has 0 unspecified atom stereocenters. The maximum Gasteiger partial charge on any atom is 0.150 e. The lowest BCUT2D eigenvalue weighted by Gasteiger charge is -2.35. The summed E-state index contributed by atoms with van der Waals surface area (Å²) < 4.78 is 1.82. The average molecular weight is 224 g/mol. The number of rotatable bonds is 3. The number of hydrogen-bond acceptors (Lipinski definition) is 4. The standard InChI is InChI=1S/C11H20N4O/c1-7-10(12)11(15(3)13-7)14(2)6-8-4-9(16)5-8/h8-9,16H,4-6,12H2,1-3H3. The monoisotopic (exact) mass is 224 g/mol. The van der Waals surface area contributed by atoms with E-state index in [1.165, 1.54) is 0 Å². The van der Waals surface area contributed by atoms with Gasteiger partial charge < -0.3 is 15.7 Å². The van der Waals surface area contributed by atoms with E-state index in [2.05, 4.69) is 10.00 Å². The van der Waals surface area contributed by atoms with Gasteiger partial charge in [-0.3, -0.25) is 4.68 Å². The molecule has 1 heterocycles. The number of nitrogen functional groups attached to an aromatic ring is 1. The highest BCUT2D eigenvalue weighted by Gasteiger charge is 2.29. The van der Waals surface area contributed by atoms with Gasteiger partial charge in [0.1, 0.15) is 5.82 Å². The van der Waals surface area contributed by atoms with Gasteiger partial charge >= 0.3 is 0 Å². The Hall–Kier alpha value is -1.23. The van der Waals surface area contributed by atoms with E-state index < -0.39 is 0 Å². The fourth-order valence-corrected chi connectivity index (χ4v) is 2.44. The third-order valence-corrected chi connectivity index (χ3v) is 3.34. The fraction of sp³-hybridized carbons (Fsp3) is 0.727. The molecule has 1 aromatic rings. The lowest BCUT2D eigenvalue weighted by molar-refractivity contribution is 0.0464. The second-order valence-electron chi connectivity index (χ2n) is 4.82. The van der Waals surface area contributed by atoms with Crippen molar-refractivity contribution >= 4 is 11.5 Å². The molecule has 3 N–H and O–H groups in total. The van der Waals surface area contributed by atoms with Gasteiger partial charge in [-0.25, -0.2) is 0 Å². The predicted molar refractivity (Wildman–Crippen MR) is 64.4 cm³/mol. The zero-order valence-corrected chi connectivity index (χ0v) is 10.1. The predicted octanol–water partition coefficient (Wildman–Crippen LogP) is 0.518. The van der Waals surface area contributed by atoms with Crippen LogP contribution < -0.4 is 10.6 Å². The van der Waals surface area contributed by atoms with Gasteiger partial charge in [-0.2, -0.15) is 5.10 Å². The van der Waals surface area contributed by atoms with Crippen molar-refractivity contribution in [2.24, 2.45) is 13.0 Å². The largest absolute Gasteiger partial charge is 0.394 e. The first kappa shape index (κ1) is 11.3. The van der Waals surface area contributed by atoms with Crippen molar-refractivity contribution < 1.29 is 5.11 Å². The Balaban J connectivity index is 2.05. The van der Waals surface area contributed by atoms with Crippen molar-refractivity contribution in [1.29, 1.82) is 0 Å². The van der Waals surface area contributed by atoms with Crippen molar-refractivity contribution in [3.63, 3.8) is 0 Å². The number of aromatic nitrogens is 2. The van der Waals surface area contributed by atoms with Crippen LogP contribution >= 0.6 is 0 Å². The molecular formula is C11H20N4O. The van der Waals surface area contributed by atoms with E-state index in [4.69, 9.17) is 5.73 Å². The van der Waals surface area contributed by atoms with E-state index in [0.717, 1.165) is 36.6 Å². The van der Waals surface area contributed by atoms with Crippen LogP contribution in [0.5, 0.6) is 0 Å². The van der Waals surface area contributed by atoms with Crippen molar-refractivity contribution in [3.8, 4) is 0 Å². The van der Waals surface area contributed by atoms with Gasteiger partial charge in [0.25, 0.3) is 0 Å². The number of hydrogen-bond donors (Lipinski definition) is 2. The Labute approximate surface area is 95.8 Å². The molecule has 1 fully saturated rings. The van der Waals surface area contributed by atoms with Crippen molar-refractivity contribution in [3.05, 3.63) is 5.69 Å². The number of aliphatic hydroxyl groups is 1. The van der Waals surface area contributed by atoms with Gasteiger partial charge in [0.15, 0.2) is 0 Å². The van der Waals surface area contributed by atoms with E-state index in [9.17, 15) is 5.11 Å². The minimum Gasteiger partial charge on any atom is -0.394 e. The lowest BCUT2D eigenvalue weighted by Crippen LogP contribution is -2.37. The summed E-state index contributed by atoms with van der Waals surface area (Å²) in [5.74, 6) is 1.55. The Kier molecular flexibility index (Phi) is 2.80. The SMILES string of the molecule is Cc1nn(C)c(N(C)CC2CC(O)C2)c1N. The molecule has 0 spiro atoms. The number of nitrogens with zero attached hydrogens (tertiary/aromatic N) is 3. The number of anilines is 2.